The molecule has 3 amide bonds. The van der Waals surface area contributed by atoms with Gasteiger partial charge in [-0.1, -0.05) is 6.92 Å². The van der Waals surface area contributed by atoms with Crippen LogP contribution >= 0.6 is 0 Å². The van der Waals surface area contributed by atoms with E-state index in [9.17, 15) is 9.59 Å². The zero-order valence-electron chi connectivity index (χ0n) is 14.4. The first-order chi connectivity index (χ1) is 11.5. The molecule has 2 rings (SSSR count). The maximum atomic E-state index is 12.5. The van der Waals surface area contributed by atoms with Gasteiger partial charge >= 0.3 is 6.03 Å². The first-order valence-corrected chi connectivity index (χ1v) is 8.19. The molecule has 0 spiro atoms. The van der Waals surface area contributed by atoms with Crippen molar-refractivity contribution in [2.45, 2.75) is 32.8 Å². The summed E-state index contributed by atoms with van der Waals surface area (Å²) in [6.45, 7) is 5.61. The number of carbonyl (C=O) groups excluding carboxylic acids is 2. The van der Waals surface area contributed by atoms with Gasteiger partial charge in [-0.25, -0.2) is 4.79 Å². The van der Waals surface area contributed by atoms with Crippen molar-refractivity contribution in [3.63, 3.8) is 0 Å². The molecule has 7 heteroatoms. The van der Waals surface area contributed by atoms with Gasteiger partial charge in [-0.3, -0.25) is 4.79 Å². The average Bonchev–Trinajstić information content (AvgIpc) is 2.79. The third kappa shape index (κ3) is 4.86. The van der Waals surface area contributed by atoms with E-state index in [4.69, 9.17) is 9.47 Å². The molecule has 24 heavy (non-hydrogen) atoms. The van der Waals surface area contributed by atoms with E-state index in [1.807, 2.05) is 6.92 Å². The Balaban J connectivity index is 2.09. The van der Waals surface area contributed by atoms with E-state index >= 15 is 0 Å². The van der Waals surface area contributed by atoms with Crippen molar-refractivity contribution in [2.24, 2.45) is 0 Å². The maximum Gasteiger partial charge on any atom is 0.321 e. The van der Waals surface area contributed by atoms with E-state index < -0.39 is 0 Å². The number of amides is 3. The molecule has 0 bridgehead atoms. The lowest BCUT2D eigenvalue weighted by molar-refractivity contribution is -0.115. The maximum absolute atomic E-state index is 12.5. The molecule has 1 fully saturated rings. The third-order valence-corrected chi connectivity index (χ3v) is 3.79. The molecule has 0 unspecified atom stereocenters. The summed E-state index contributed by atoms with van der Waals surface area (Å²) in [7, 11) is 1.54. The van der Waals surface area contributed by atoms with Crippen LogP contribution in [0.2, 0.25) is 0 Å². The van der Waals surface area contributed by atoms with Gasteiger partial charge in [0.2, 0.25) is 5.91 Å². The minimum atomic E-state index is -0.176. The van der Waals surface area contributed by atoms with Crippen molar-refractivity contribution >= 4 is 23.3 Å². The number of methoxy groups -OCH3 is 1. The zero-order chi connectivity index (χ0) is 17.5. The lowest BCUT2D eigenvalue weighted by Crippen LogP contribution is -2.38. The number of ether oxygens (including phenoxy) is 2. The first kappa shape index (κ1) is 18.1. The summed E-state index contributed by atoms with van der Waals surface area (Å²) >= 11 is 0. The molecule has 0 aliphatic carbocycles. The van der Waals surface area contributed by atoms with Crippen molar-refractivity contribution in [3.05, 3.63) is 18.2 Å². The molecule has 1 saturated heterocycles. The minimum absolute atomic E-state index is 0.0218. The number of nitrogens with zero attached hydrogens (tertiary/aromatic N) is 1. The Morgan fingerprint density at radius 3 is 2.88 bits per heavy atom. The van der Waals surface area contributed by atoms with E-state index in [2.05, 4.69) is 10.6 Å². The number of rotatable bonds is 4. The highest BCUT2D eigenvalue weighted by molar-refractivity contribution is 5.95. The number of hydrogen-bond donors (Lipinski definition) is 2. The van der Waals surface area contributed by atoms with Crippen LogP contribution in [0.4, 0.5) is 16.2 Å². The Morgan fingerprint density at radius 2 is 2.17 bits per heavy atom. The van der Waals surface area contributed by atoms with Gasteiger partial charge in [0, 0.05) is 31.8 Å². The normalized spacial score (nSPS) is 17.8. The Morgan fingerprint density at radius 1 is 1.38 bits per heavy atom. The van der Waals surface area contributed by atoms with Crippen LogP contribution in [0, 0.1) is 0 Å². The molecule has 132 valence electrons. The fourth-order valence-electron chi connectivity index (χ4n) is 2.50. The predicted octanol–water partition coefficient (Wildman–Crippen LogP) is 2.69. The van der Waals surface area contributed by atoms with E-state index in [-0.39, 0.29) is 18.0 Å². The van der Waals surface area contributed by atoms with Crippen molar-refractivity contribution in [3.8, 4) is 5.75 Å². The topological polar surface area (TPSA) is 79.9 Å². The lowest BCUT2D eigenvalue weighted by atomic mass is 10.2. The first-order valence-electron chi connectivity index (χ1n) is 8.19. The molecule has 1 heterocycles. The van der Waals surface area contributed by atoms with Gasteiger partial charge < -0.3 is 25.0 Å². The largest absolute Gasteiger partial charge is 0.495 e. The number of hydrogen-bond acceptors (Lipinski definition) is 4. The van der Waals surface area contributed by atoms with Crippen LogP contribution in [-0.4, -0.2) is 49.7 Å². The number of carbonyl (C=O) groups is 2. The Bertz CT molecular complexity index is 591. The summed E-state index contributed by atoms with van der Waals surface area (Å²) in [6, 6.07) is 4.98. The highest BCUT2D eigenvalue weighted by Crippen LogP contribution is 2.28. The van der Waals surface area contributed by atoms with Gasteiger partial charge in [0.1, 0.15) is 5.75 Å². The summed E-state index contributed by atoms with van der Waals surface area (Å²) in [4.78, 5) is 25.8. The number of urea groups is 1. The van der Waals surface area contributed by atoms with Crippen LogP contribution in [0.3, 0.4) is 0 Å². The second-order valence-electron chi connectivity index (χ2n) is 5.73. The molecule has 0 radical (unpaired) electrons. The Hall–Kier alpha value is -2.28. The summed E-state index contributed by atoms with van der Waals surface area (Å²) in [6.07, 6.45) is 1.21. The van der Waals surface area contributed by atoms with Crippen LogP contribution in [0.5, 0.6) is 5.75 Å². The molecule has 1 aliphatic rings. The van der Waals surface area contributed by atoms with Gasteiger partial charge in [0.05, 0.1) is 18.9 Å². The molecule has 2 N–H and O–H groups in total. The van der Waals surface area contributed by atoms with Crippen LogP contribution in [0.25, 0.3) is 0 Å². The van der Waals surface area contributed by atoms with Crippen molar-refractivity contribution in [1.82, 2.24) is 4.90 Å². The monoisotopic (exact) mass is 335 g/mol. The highest BCUT2D eigenvalue weighted by atomic mass is 16.5. The summed E-state index contributed by atoms with van der Waals surface area (Å²) in [5.41, 5.74) is 1.14. The fourth-order valence-corrected chi connectivity index (χ4v) is 2.50. The lowest BCUT2D eigenvalue weighted by Gasteiger charge is -2.23. The van der Waals surface area contributed by atoms with Gasteiger partial charge in [-0.2, -0.15) is 0 Å². The molecular weight excluding hydrogens is 310 g/mol. The van der Waals surface area contributed by atoms with Crippen LogP contribution in [-0.2, 0) is 9.53 Å². The van der Waals surface area contributed by atoms with Gasteiger partial charge in [-0.15, -0.1) is 0 Å². The van der Waals surface area contributed by atoms with Crippen molar-refractivity contribution < 1.29 is 19.1 Å². The smallest absolute Gasteiger partial charge is 0.321 e. The van der Waals surface area contributed by atoms with Gasteiger partial charge in [0.25, 0.3) is 0 Å². The van der Waals surface area contributed by atoms with Crippen molar-refractivity contribution in [1.29, 1.82) is 0 Å². The second-order valence-corrected chi connectivity index (χ2v) is 5.73. The minimum Gasteiger partial charge on any atom is -0.495 e. The molecule has 1 aliphatic heterocycles. The Labute approximate surface area is 142 Å². The predicted molar refractivity (Wildman–Crippen MR) is 92.5 cm³/mol. The molecule has 1 aromatic carbocycles. The standard InChI is InChI=1S/C17H25N3O4/c1-4-16(21)19-14-10-13(6-7-15(14)23-3)18-17(22)20-8-5-9-24-12(2)11-20/h6-7,10,12H,4-5,8-9,11H2,1-3H3,(H,18,22)(H,19,21)/t12-/m0/s1. The SMILES string of the molecule is CCC(=O)Nc1cc(NC(=O)N2CCCO[C@@H](C)C2)ccc1OC. The molecule has 1 atom stereocenters. The van der Waals surface area contributed by atoms with E-state index in [1.165, 1.54) is 7.11 Å². The van der Waals surface area contributed by atoms with Gasteiger partial charge in [-0.05, 0) is 31.5 Å². The molecular formula is C17H25N3O4. The molecule has 0 aromatic heterocycles. The average molecular weight is 335 g/mol. The van der Waals surface area contributed by atoms with E-state index in [0.29, 0.717) is 43.2 Å². The number of anilines is 2. The Kier molecular flexibility index (Phi) is 6.43. The third-order valence-electron chi connectivity index (χ3n) is 3.79. The quantitative estimate of drug-likeness (QED) is 0.886. The molecule has 1 aromatic rings. The van der Waals surface area contributed by atoms with E-state index in [1.54, 1.807) is 30.0 Å². The number of benzene rings is 1. The fraction of sp³-hybridized carbons (Fsp3) is 0.529. The highest BCUT2D eigenvalue weighted by Gasteiger charge is 2.20. The van der Waals surface area contributed by atoms with E-state index in [0.717, 1.165) is 6.42 Å². The summed E-state index contributed by atoms with van der Waals surface area (Å²) < 4.78 is 10.8. The summed E-state index contributed by atoms with van der Waals surface area (Å²) in [5, 5.41) is 5.64. The second kappa shape index (κ2) is 8.54. The summed E-state index contributed by atoms with van der Waals surface area (Å²) in [5.74, 6) is 0.432. The zero-order valence-corrected chi connectivity index (χ0v) is 14.4. The van der Waals surface area contributed by atoms with Crippen molar-refractivity contribution in [2.75, 3.05) is 37.4 Å². The van der Waals surface area contributed by atoms with Gasteiger partial charge in [0.15, 0.2) is 0 Å². The molecule has 0 saturated carbocycles. The van der Waals surface area contributed by atoms with Crippen LogP contribution in [0.1, 0.15) is 26.7 Å². The van der Waals surface area contributed by atoms with Crippen LogP contribution in [0.15, 0.2) is 18.2 Å². The number of nitrogens with one attached hydrogen (secondary N) is 2. The van der Waals surface area contributed by atoms with Crippen LogP contribution < -0.4 is 15.4 Å². The molecule has 7 nitrogen and oxygen atoms in total.